The number of carbonyl (C=O) groups excluding carboxylic acids is 1. The van der Waals surface area contributed by atoms with Crippen LogP contribution in [0.1, 0.15) is 34.6 Å². The summed E-state index contributed by atoms with van der Waals surface area (Å²) in [4.78, 5) is 25.5. The van der Waals surface area contributed by atoms with Crippen molar-refractivity contribution in [3.05, 3.63) is 81.4 Å². The molecule has 0 aliphatic carbocycles. The lowest BCUT2D eigenvalue weighted by atomic mass is 10.0. The topological polar surface area (TPSA) is 94.2 Å². The number of hydrogen-bond donors (Lipinski definition) is 0. The number of rotatable bonds is 5. The van der Waals surface area contributed by atoms with Crippen LogP contribution < -0.4 is 0 Å². The van der Waals surface area contributed by atoms with Gasteiger partial charge in [0.2, 0.25) is 0 Å². The van der Waals surface area contributed by atoms with Crippen LogP contribution in [0.15, 0.2) is 48.5 Å². The zero-order valence-electron chi connectivity index (χ0n) is 16.4. The second-order valence-electron chi connectivity index (χ2n) is 7.34. The molecule has 1 aliphatic rings. The number of benzene rings is 2. The Balaban J connectivity index is 1.57. The predicted octanol–water partition coefficient (Wildman–Crippen LogP) is 3.47. The molecule has 1 aromatic heterocycles. The number of hydrogen-bond acceptors (Lipinski definition) is 5. The van der Waals surface area contributed by atoms with E-state index in [1.54, 1.807) is 30.0 Å². The van der Waals surface area contributed by atoms with E-state index in [2.05, 4.69) is 10.3 Å². The van der Waals surface area contributed by atoms with E-state index in [9.17, 15) is 19.3 Å². The van der Waals surface area contributed by atoms with E-state index in [1.165, 1.54) is 28.9 Å². The zero-order valence-corrected chi connectivity index (χ0v) is 16.4. The van der Waals surface area contributed by atoms with Crippen molar-refractivity contribution >= 4 is 11.6 Å². The van der Waals surface area contributed by atoms with Crippen LogP contribution >= 0.6 is 0 Å². The molecule has 3 aromatic rings. The molecule has 1 saturated heterocycles. The number of carbonyl (C=O) groups is 1. The molecule has 2 aromatic carbocycles. The van der Waals surface area contributed by atoms with Crippen molar-refractivity contribution in [1.29, 1.82) is 0 Å². The Morgan fingerprint density at radius 1 is 1.27 bits per heavy atom. The summed E-state index contributed by atoms with van der Waals surface area (Å²) in [6, 6.07) is 12.4. The summed E-state index contributed by atoms with van der Waals surface area (Å²) >= 11 is 0. The largest absolute Gasteiger partial charge is 0.334 e. The second kappa shape index (κ2) is 8.02. The highest BCUT2D eigenvalue weighted by molar-refractivity contribution is 5.93. The third kappa shape index (κ3) is 3.78. The first kappa shape index (κ1) is 19.7. The lowest BCUT2D eigenvalue weighted by molar-refractivity contribution is -0.384. The third-order valence-corrected chi connectivity index (χ3v) is 5.38. The van der Waals surface area contributed by atoms with Gasteiger partial charge in [0.05, 0.1) is 16.3 Å². The van der Waals surface area contributed by atoms with Gasteiger partial charge in [-0.3, -0.25) is 14.9 Å². The number of halogens is 1. The average molecular weight is 409 g/mol. The molecular weight excluding hydrogens is 389 g/mol. The van der Waals surface area contributed by atoms with Crippen LogP contribution in [-0.4, -0.2) is 43.3 Å². The van der Waals surface area contributed by atoms with Crippen molar-refractivity contribution in [3.8, 4) is 5.69 Å². The van der Waals surface area contributed by atoms with Crippen LogP contribution in [0.25, 0.3) is 5.69 Å². The number of nitrogens with zero attached hydrogens (tertiary/aromatic N) is 5. The summed E-state index contributed by atoms with van der Waals surface area (Å²) in [5, 5.41) is 19.1. The van der Waals surface area contributed by atoms with E-state index >= 15 is 0 Å². The molecule has 0 bridgehead atoms. The van der Waals surface area contributed by atoms with E-state index in [1.807, 2.05) is 6.07 Å². The van der Waals surface area contributed by atoms with Gasteiger partial charge in [-0.05, 0) is 49.9 Å². The van der Waals surface area contributed by atoms with Gasteiger partial charge in [0.15, 0.2) is 5.69 Å². The first-order valence-corrected chi connectivity index (χ1v) is 9.66. The highest BCUT2D eigenvalue weighted by atomic mass is 19.1. The van der Waals surface area contributed by atoms with Gasteiger partial charge < -0.3 is 4.90 Å². The summed E-state index contributed by atoms with van der Waals surface area (Å²) in [6.07, 6.45) is 2.27. The SMILES string of the molecule is Cc1c(C(=O)N2CCCC2Cc2cccc(F)c2)nnn1-c1cccc([N+](=O)[O-])c1. The number of aromatic nitrogens is 3. The fourth-order valence-corrected chi connectivity index (χ4v) is 3.90. The standard InChI is InChI=1S/C21H20FN5O3/c1-14-20(23-24-26(14)18-7-3-8-19(13-18)27(29)30)21(28)25-10-4-9-17(25)12-15-5-2-6-16(22)11-15/h2-3,5-8,11,13,17H,4,9-10,12H2,1H3. The average Bonchev–Trinajstić information content (AvgIpc) is 3.34. The van der Waals surface area contributed by atoms with Gasteiger partial charge in [-0.25, -0.2) is 9.07 Å². The number of nitro groups is 1. The molecule has 154 valence electrons. The molecule has 4 rings (SSSR count). The Hall–Kier alpha value is -3.62. The second-order valence-corrected chi connectivity index (χ2v) is 7.34. The molecule has 30 heavy (non-hydrogen) atoms. The Kier molecular flexibility index (Phi) is 5.26. The van der Waals surface area contributed by atoms with Crippen molar-refractivity contribution in [1.82, 2.24) is 19.9 Å². The predicted molar refractivity (Wildman–Crippen MR) is 107 cm³/mol. The molecule has 0 radical (unpaired) electrons. The highest BCUT2D eigenvalue weighted by Crippen LogP contribution is 2.25. The maximum Gasteiger partial charge on any atom is 0.276 e. The van der Waals surface area contributed by atoms with E-state index in [0.717, 1.165) is 18.4 Å². The smallest absolute Gasteiger partial charge is 0.276 e. The quantitative estimate of drug-likeness (QED) is 0.475. The van der Waals surface area contributed by atoms with E-state index in [4.69, 9.17) is 0 Å². The fourth-order valence-electron chi connectivity index (χ4n) is 3.90. The highest BCUT2D eigenvalue weighted by Gasteiger charge is 2.32. The molecular formula is C21H20FN5O3. The molecule has 1 amide bonds. The molecule has 1 unspecified atom stereocenters. The minimum absolute atomic E-state index is 0.0401. The van der Waals surface area contributed by atoms with Crippen LogP contribution in [0.4, 0.5) is 10.1 Å². The monoisotopic (exact) mass is 409 g/mol. The molecule has 9 heteroatoms. The van der Waals surface area contributed by atoms with Gasteiger partial charge in [0, 0.05) is 24.7 Å². The van der Waals surface area contributed by atoms with Crippen molar-refractivity contribution in [2.45, 2.75) is 32.2 Å². The Morgan fingerprint density at radius 3 is 2.83 bits per heavy atom. The number of amides is 1. The Bertz CT molecular complexity index is 1110. The van der Waals surface area contributed by atoms with E-state index in [-0.39, 0.29) is 29.1 Å². The maximum atomic E-state index is 13.5. The number of non-ortho nitro benzene ring substituents is 1. The lowest BCUT2D eigenvalue weighted by Crippen LogP contribution is -2.37. The van der Waals surface area contributed by atoms with E-state index < -0.39 is 4.92 Å². The maximum absolute atomic E-state index is 13.5. The van der Waals surface area contributed by atoms with Gasteiger partial charge in [-0.2, -0.15) is 0 Å². The summed E-state index contributed by atoms with van der Waals surface area (Å²) in [7, 11) is 0. The Labute approximate surface area is 172 Å². The van der Waals surface area contributed by atoms with Gasteiger partial charge >= 0.3 is 0 Å². The summed E-state index contributed by atoms with van der Waals surface area (Å²) in [6.45, 7) is 2.31. The summed E-state index contributed by atoms with van der Waals surface area (Å²) < 4.78 is 14.9. The summed E-state index contributed by atoms with van der Waals surface area (Å²) in [5.74, 6) is -0.526. The van der Waals surface area contributed by atoms with Crippen molar-refractivity contribution in [2.75, 3.05) is 6.54 Å². The van der Waals surface area contributed by atoms with Gasteiger partial charge in [0.1, 0.15) is 5.82 Å². The van der Waals surface area contributed by atoms with Crippen molar-refractivity contribution < 1.29 is 14.1 Å². The first-order chi connectivity index (χ1) is 14.4. The molecule has 0 spiro atoms. The number of nitro benzene ring substituents is 1. The van der Waals surface area contributed by atoms with Crippen LogP contribution in [0.2, 0.25) is 0 Å². The van der Waals surface area contributed by atoms with Gasteiger partial charge in [0.25, 0.3) is 11.6 Å². The van der Waals surface area contributed by atoms with Crippen LogP contribution in [-0.2, 0) is 6.42 Å². The van der Waals surface area contributed by atoms with Crippen molar-refractivity contribution in [2.24, 2.45) is 0 Å². The van der Waals surface area contributed by atoms with Crippen LogP contribution in [0, 0.1) is 22.9 Å². The van der Waals surface area contributed by atoms with Crippen LogP contribution in [0.5, 0.6) is 0 Å². The van der Waals surface area contributed by atoms with Gasteiger partial charge in [-0.15, -0.1) is 5.10 Å². The molecule has 8 nitrogen and oxygen atoms in total. The van der Waals surface area contributed by atoms with Crippen molar-refractivity contribution in [3.63, 3.8) is 0 Å². The molecule has 1 fully saturated rings. The normalized spacial score (nSPS) is 16.1. The molecule has 1 atom stereocenters. The first-order valence-electron chi connectivity index (χ1n) is 9.66. The third-order valence-electron chi connectivity index (χ3n) is 5.38. The molecule has 0 saturated carbocycles. The molecule has 2 heterocycles. The van der Waals surface area contributed by atoms with E-state index in [0.29, 0.717) is 24.3 Å². The molecule has 1 aliphatic heterocycles. The van der Waals surface area contributed by atoms with Gasteiger partial charge in [-0.1, -0.05) is 23.4 Å². The minimum Gasteiger partial charge on any atom is -0.334 e. The zero-order chi connectivity index (χ0) is 21.3. The minimum atomic E-state index is -0.483. The molecule has 0 N–H and O–H groups in total. The summed E-state index contributed by atoms with van der Waals surface area (Å²) in [5.41, 5.74) is 1.97. The fraction of sp³-hybridized carbons (Fsp3) is 0.286. The number of likely N-dealkylation sites (tertiary alicyclic amines) is 1. The Morgan fingerprint density at radius 2 is 2.07 bits per heavy atom. The van der Waals surface area contributed by atoms with Crippen LogP contribution in [0.3, 0.4) is 0 Å². The lowest BCUT2D eigenvalue weighted by Gasteiger charge is -2.24.